The van der Waals surface area contributed by atoms with Gasteiger partial charge in [0.2, 0.25) is 11.8 Å². The van der Waals surface area contributed by atoms with Gasteiger partial charge in [-0.3, -0.25) is 9.59 Å². The molecule has 0 aromatic heterocycles. The van der Waals surface area contributed by atoms with Crippen LogP contribution < -0.4 is 5.32 Å². The van der Waals surface area contributed by atoms with Gasteiger partial charge < -0.3 is 10.2 Å². The van der Waals surface area contributed by atoms with Crippen LogP contribution in [0, 0.1) is 0 Å². The van der Waals surface area contributed by atoms with E-state index in [-0.39, 0.29) is 24.1 Å². The number of nitrogens with zero attached hydrogens (tertiary/aromatic N) is 1. The van der Waals surface area contributed by atoms with Crippen molar-refractivity contribution in [3.63, 3.8) is 0 Å². The van der Waals surface area contributed by atoms with Crippen molar-refractivity contribution < 1.29 is 9.59 Å². The molecule has 0 bridgehead atoms. The summed E-state index contributed by atoms with van der Waals surface area (Å²) < 4.78 is 0. The second kappa shape index (κ2) is 13.8. The van der Waals surface area contributed by atoms with Crippen molar-refractivity contribution >= 4 is 58.4 Å². The van der Waals surface area contributed by atoms with Gasteiger partial charge in [-0.2, -0.15) is 0 Å². The zero-order chi connectivity index (χ0) is 25.2. The van der Waals surface area contributed by atoms with E-state index in [1.54, 1.807) is 23.1 Å². The molecule has 35 heavy (non-hydrogen) atoms. The molecular weight excluding hydrogens is 523 g/mol. The lowest BCUT2D eigenvalue weighted by Gasteiger charge is -2.31. The average Bonchev–Trinajstić information content (AvgIpc) is 2.83. The Morgan fingerprint density at radius 1 is 0.914 bits per heavy atom. The fraction of sp³-hybridized carbons (Fsp3) is 0.259. The third-order valence-electron chi connectivity index (χ3n) is 5.36. The lowest BCUT2D eigenvalue weighted by atomic mass is 10.0. The van der Waals surface area contributed by atoms with Gasteiger partial charge in [-0.05, 0) is 47.9 Å². The standard InChI is InChI=1S/C27H27Cl3N2O2S/c1-2-31-27(34)25(14-19-7-4-3-5-8-19)32(16-21-11-12-23(29)15-24(21)30)26(33)18-35-17-20-9-6-10-22(28)13-20/h3-13,15,25H,2,14,16-18H2,1H3,(H,31,34). The van der Waals surface area contributed by atoms with Crippen LogP contribution in [-0.4, -0.2) is 35.1 Å². The van der Waals surface area contributed by atoms with Gasteiger partial charge in [0.05, 0.1) is 5.75 Å². The minimum atomic E-state index is -0.691. The summed E-state index contributed by atoms with van der Waals surface area (Å²) in [6.45, 7) is 2.53. The van der Waals surface area contributed by atoms with Gasteiger partial charge in [0.25, 0.3) is 0 Å². The van der Waals surface area contributed by atoms with Crippen molar-refractivity contribution in [2.24, 2.45) is 0 Å². The smallest absolute Gasteiger partial charge is 0.243 e. The van der Waals surface area contributed by atoms with E-state index in [1.807, 2.05) is 61.5 Å². The van der Waals surface area contributed by atoms with Gasteiger partial charge >= 0.3 is 0 Å². The molecule has 0 saturated carbocycles. The lowest BCUT2D eigenvalue weighted by Crippen LogP contribution is -2.51. The van der Waals surface area contributed by atoms with Gasteiger partial charge in [0.15, 0.2) is 0 Å². The van der Waals surface area contributed by atoms with Crippen LogP contribution in [0.25, 0.3) is 0 Å². The molecule has 0 aliphatic heterocycles. The van der Waals surface area contributed by atoms with Crippen molar-refractivity contribution in [1.29, 1.82) is 0 Å². The van der Waals surface area contributed by atoms with Crippen LogP contribution in [0.4, 0.5) is 0 Å². The Labute approximate surface area is 225 Å². The van der Waals surface area contributed by atoms with Gasteiger partial charge in [-0.1, -0.05) is 83.3 Å². The van der Waals surface area contributed by atoms with Crippen molar-refractivity contribution in [2.45, 2.75) is 31.7 Å². The third kappa shape index (κ3) is 8.46. The number of nitrogens with one attached hydrogen (secondary N) is 1. The van der Waals surface area contributed by atoms with E-state index in [0.717, 1.165) is 16.7 Å². The molecule has 3 aromatic carbocycles. The summed E-state index contributed by atoms with van der Waals surface area (Å²) in [5.41, 5.74) is 2.73. The van der Waals surface area contributed by atoms with Crippen LogP contribution >= 0.6 is 46.6 Å². The molecule has 8 heteroatoms. The number of benzene rings is 3. The Morgan fingerprint density at radius 3 is 2.31 bits per heavy atom. The monoisotopic (exact) mass is 548 g/mol. The SMILES string of the molecule is CCNC(=O)C(Cc1ccccc1)N(Cc1ccc(Cl)cc1Cl)C(=O)CSCc1cccc(Cl)c1. The topological polar surface area (TPSA) is 49.4 Å². The summed E-state index contributed by atoms with van der Waals surface area (Å²) in [4.78, 5) is 28.4. The molecule has 184 valence electrons. The Bertz CT molecular complexity index is 1140. The third-order valence-corrected chi connectivity index (χ3v) is 7.17. The fourth-order valence-corrected chi connectivity index (χ4v) is 5.18. The molecule has 1 unspecified atom stereocenters. The first-order valence-corrected chi connectivity index (χ1v) is 13.5. The number of likely N-dealkylation sites (N-methyl/N-ethyl adjacent to an activating group) is 1. The summed E-state index contributed by atoms with van der Waals surface area (Å²) in [7, 11) is 0. The first kappa shape index (κ1) is 27.4. The molecule has 2 amide bonds. The molecule has 0 fully saturated rings. The summed E-state index contributed by atoms with van der Waals surface area (Å²) >= 11 is 20.1. The number of hydrogen-bond donors (Lipinski definition) is 1. The van der Waals surface area contributed by atoms with Gasteiger partial charge in [-0.15, -0.1) is 11.8 Å². The number of halogens is 3. The zero-order valence-electron chi connectivity index (χ0n) is 19.3. The second-order valence-corrected chi connectivity index (χ2v) is 10.2. The van der Waals surface area contributed by atoms with E-state index >= 15 is 0 Å². The highest BCUT2D eigenvalue weighted by Gasteiger charge is 2.30. The quantitative estimate of drug-likeness (QED) is 0.291. The largest absolute Gasteiger partial charge is 0.355 e. The van der Waals surface area contributed by atoms with Gasteiger partial charge in [-0.25, -0.2) is 0 Å². The Morgan fingerprint density at radius 2 is 1.63 bits per heavy atom. The van der Waals surface area contributed by atoms with E-state index in [2.05, 4.69) is 5.32 Å². The Hall–Kier alpha value is -2.18. The molecule has 0 aliphatic rings. The number of carbonyl (C=O) groups excluding carboxylic acids is 2. The van der Waals surface area contributed by atoms with Crippen LogP contribution in [0.15, 0.2) is 72.8 Å². The Balaban J connectivity index is 1.85. The average molecular weight is 550 g/mol. The predicted octanol–water partition coefficient (Wildman–Crippen LogP) is 6.66. The minimum Gasteiger partial charge on any atom is -0.355 e. The molecule has 0 heterocycles. The number of thioether (sulfide) groups is 1. The summed E-state index contributed by atoms with van der Waals surface area (Å²) in [6, 6.07) is 21.7. The highest BCUT2D eigenvalue weighted by atomic mass is 35.5. The van der Waals surface area contributed by atoms with Crippen molar-refractivity contribution in [1.82, 2.24) is 10.2 Å². The van der Waals surface area contributed by atoms with Crippen LogP contribution in [0.1, 0.15) is 23.6 Å². The normalized spacial score (nSPS) is 11.7. The minimum absolute atomic E-state index is 0.143. The maximum Gasteiger partial charge on any atom is 0.243 e. The Kier molecular flexibility index (Phi) is 10.8. The number of amides is 2. The van der Waals surface area contributed by atoms with Crippen molar-refractivity contribution in [3.05, 3.63) is 105 Å². The zero-order valence-corrected chi connectivity index (χ0v) is 22.4. The maximum absolute atomic E-state index is 13.6. The number of rotatable bonds is 11. The first-order valence-electron chi connectivity index (χ1n) is 11.2. The molecule has 3 rings (SSSR count). The molecule has 0 saturated heterocycles. The molecule has 0 radical (unpaired) electrons. The van der Waals surface area contributed by atoms with Crippen LogP contribution in [0.5, 0.6) is 0 Å². The molecule has 1 N–H and O–H groups in total. The van der Waals surface area contributed by atoms with E-state index in [1.165, 1.54) is 11.8 Å². The molecule has 4 nitrogen and oxygen atoms in total. The maximum atomic E-state index is 13.6. The molecule has 0 aliphatic carbocycles. The molecular formula is C27H27Cl3N2O2S. The summed E-state index contributed by atoms with van der Waals surface area (Å²) in [5.74, 6) is 0.499. The van der Waals surface area contributed by atoms with Crippen molar-refractivity contribution in [2.75, 3.05) is 12.3 Å². The first-order chi connectivity index (χ1) is 16.9. The van der Waals surface area contributed by atoms with Crippen LogP contribution in [0.2, 0.25) is 15.1 Å². The summed E-state index contributed by atoms with van der Waals surface area (Å²) in [6.07, 6.45) is 0.391. The predicted molar refractivity (Wildman–Crippen MR) is 147 cm³/mol. The highest BCUT2D eigenvalue weighted by Crippen LogP contribution is 2.25. The number of hydrogen-bond acceptors (Lipinski definition) is 3. The van der Waals surface area contributed by atoms with E-state index in [0.29, 0.717) is 33.8 Å². The van der Waals surface area contributed by atoms with Gasteiger partial charge in [0, 0.05) is 40.3 Å². The van der Waals surface area contributed by atoms with E-state index in [9.17, 15) is 9.59 Å². The fourth-order valence-electron chi connectivity index (χ4n) is 3.65. The van der Waals surface area contributed by atoms with Gasteiger partial charge in [0.1, 0.15) is 6.04 Å². The summed E-state index contributed by atoms with van der Waals surface area (Å²) in [5, 5.41) is 4.52. The van der Waals surface area contributed by atoms with E-state index in [4.69, 9.17) is 34.8 Å². The molecule has 0 spiro atoms. The van der Waals surface area contributed by atoms with Crippen LogP contribution in [0.3, 0.4) is 0 Å². The second-order valence-electron chi connectivity index (χ2n) is 7.98. The number of carbonyl (C=O) groups is 2. The highest BCUT2D eigenvalue weighted by molar-refractivity contribution is 7.99. The molecule has 3 aromatic rings. The van der Waals surface area contributed by atoms with Crippen molar-refractivity contribution in [3.8, 4) is 0 Å². The van der Waals surface area contributed by atoms with E-state index < -0.39 is 6.04 Å². The lowest BCUT2D eigenvalue weighted by molar-refractivity contribution is -0.139. The molecule has 1 atom stereocenters. The van der Waals surface area contributed by atoms with Crippen LogP contribution in [-0.2, 0) is 28.3 Å².